The largest absolute Gasteiger partial charge is 0.274 e. The molecule has 0 spiro atoms. The maximum absolute atomic E-state index is 12.6. The Bertz CT molecular complexity index is 552. The highest BCUT2D eigenvalue weighted by Crippen LogP contribution is 2.56. The van der Waals surface area contributed by atoms with Crippen LogP contribution in [0.15, 0.2) is 24.3 Å². The van der Waals surface area contributed by atoms with E-state index in [-0.39, 0.29) is 23.7 Å². The lowest BCUT2D eigenvalue weighted by Crippen LogP contribution is -2.33. The Morgan fingerprint density at radius 2 is 1.58 bits per heavy atom. The van der Waals surface area contributed by atoms with E-state index in [1.165, 1.54) is 4.90 Å². The van der Waals surface area contributed by atoms with Crippen LogP contribution in [0.5, 0.6) is 0 Å². The average Bonchev–Trinajstić information content (AvgIpc) is 3.06. The first-order chi connectivity index (χ1) is 9.18. The van der Waals surface area contributed by atoms with Crippen LogP contribution in [0.1, 0.15) is 24.8 Å². The predicted octanol–water partition coefficient (Wildman–Crippen LogP) is 2.53. The number of aryl methyl sites for hydroxylation is 1. The van der Waals surface area contributed by atoms with E-state index in [1.807, 2.05) is 31.2 Å². The summed E-state index contributed by atoms with van der Waals surface area (Å²) in [6.07, 6.45) is 3.35. The van der Waals surface area contributed by atoms with Crippen molar-refractivity contribution in [1.82, 2.24) is 0 Å². The standard InChI is InChI=1S/C16H17NO2/c1-9-4-2-3-5-12(9)17-15(18)13-10-6-7-11(8-10)14(13)16(17)19/h2-5,10-11,13-14H,6-8H2,1H3/t10-,11-,13+,14+/m0/s1. The molecule has 3 fully saturated rings. The summed E-state index contributed by atoms with van der Waals surface area (Å²) in [6, 6.07) is 7.67. The summed E-state index contributed by atoms with van der Waals surface area (Å²) in [5.74, 6) is 0.977. The maximum Gasteiger partial charge on any atom is 0.237 e. The van der Waals surface area contributed by atoms with Crippen molar-refractivity contribution in [3.05, 3.63) is 29.8 Å². The molecule has 2 saturated carbocycles. The van der Waals surface area contributed by atoms with E-state index in [4.69, 9.17) is 0 Å². The zero-order valence-electron chi connectivity index (χ0n) is 11.0. The zero-order valence-corrected chi connectivity index (χ0v) is 11.0. The molecule has 0 aromatic heterocycles. The molecule has 1 aliphatic heterocycles. The number of hydrogen-bond donors (Lipinski definition) is 0. The summed E-state index contributed by atoms with van der Waals surface area (Å²) in [5.41, 5.74) is 1.78. The van der Waals surface area contributed by atoms with Crippen molar-refractivity contribution in [2.24, 2.45) is 23.7 Å². The van der Waals surface area contributed by atoms with Gasteiger partial charge in [-0.3, -0.25) is 9.59 Å². The second-order valence-electron chi connectivity index (χ2n) is 6.18. The van der Waals surface area contributed by atoms with Gasteiger partial charge in [-0.1, -0.05) is 18.2 Å². The molecule has 1 heterocycles. The molecular formula is C16H17NO2. The van der Waals surface area contributed by atoms with Crippen molar-refractivity contribution in [2.75, 3.05) is 4.90 Å². The average molecular weight is 255 g/mol. The molecule has 1 aromatic carbocycles. The quantitative estimate of drug-likeness (QED) is 0.723. The molecule has 0 radical (unpaired) electrons. The number of hydrogen-bond acceptors (Lipinski definition) is 2. The van der Waals surface area contributed by atoms with E-state index in [9.17, 15) is 9.59 Å². The van der Waals surface area contributed by atoms with Crippen molar-refractivity contribution >= 4 is 17.5 Å². The van der Waals surface area contributed by atoms with Gasteiger partial charge in [-0.15, -0.1) is 0 Å². The Morgan fingerprint density at radius 1 is 1.00 bits per heavy atom. The van der Waals surface area contributed by atoms with E-state index < -0.39 is 0 Å². The van der Waals surface area contributed by atoms with Crippen LogP contribution < -0.4 is 4.90 Å². The van der Waals surface area contributed by atoms with Gasteiger partial charge in [-0.2, -0.15) is 0 Å². The van der Waals surface area contributed by atoms with Crippen LogP contribution in [0.25, 0.3) is 0 Å². The fraction of sp³-hybridized carbons (Fsp3) is 0.500. The molecule has 2 bridgehead atoms. The van der Waals surface area contributed by atoms with Crippen LogP contribution in [0, 0.1) is 30.6 Å². The number of rotatable bonds is 1. The lowest BCUT2D eigenvalue weighted by atomic mass is 9.81. The Kier molecular flexibility index (Phi) is 2.17. The van der Waals surface area contributed by atoms with Crippen LogP contribution in [-0.4, -0.2) is 11.8 Å². The fourth-order valence-corrected chi connectivity index (χ4v) is 4.46. The minimum absolute atomic E-state index is 0.0224. The summed E-state index contributed by atoms with van der Waals surface area (Å²) in [7, 11) is 0. The van der Waals surface area contributed by atoms with E-state index >= 15 is 0 Å². The summed E-state index contributed by atoms with van der Waals surface area (Å²) < 4.78 is 0. The van der Waals surface area contributed by atoms with Gasteiger partial charge in [-0.05, 0) is 49.7 Å². The van der Waals surface area contributed by atoms with E-state index in [2.05, 4.69) is 0 Å². The van der Waals surface area contributed by atoms with Crippen LogP contribution in [-0.2, 0) is 9.59 Å². The number of benzene rings is 1. The van der Waals surface area contributed by atoms with Gasteiger partial charge in [0.15, 0.2) is 0 Å². The minimum Gasteiger partial charge on any atom is -0.274 e. The third-order valence-electron chi connectivity index (χ3n) is 5.28. The maximum atomic E-state index is 12.6. The highest BCUT2D eigenvalue weighted by molar-refractivity contribution is 6.22. The Hall–Kier alpha value is -1.64. The van der Waals surface area contributed by atoms with Gasteiger partial charge < -0.3 is 0 Å². The first-order valence-electron chi connectivity index (χ1n) is 7.12. The number of amides is 2. The van der Waals surface area contributed by atoms with E-state index in [0.29, 0.717) is 11.8 Å². The third kappa shape index (κ3) is 1.33. The summed E-state index contributed by atoms with van der Waals surface area (Å²) >= 11 is 0. The molecule has 4 rings (SSSR count). The summed E-state index contributed by atoms with van der Waals surface area (Å²) in [6.45, 7) is 1.96. The van der Waals surface area contributed by atoms with Crippen molar-refractivity contribution in [3.63, 3.8) is 0 Å². The first kappa shape index (κ1) is 11.2. The van der Waals surface area contributed by atoms with Crippen LogP contribution >= 0.6 is 0 Å². The molecule has 3 heteroatoms. The molecule has 1 aromatic rings. The van der Waals surface area contributed by atoms with Crippen molar-refractivity contribution in [3.8, 4) is 0 Å². The van der Waals surface area contributed by atoms with E-state index in [1.54, 1.807) is 0 Å². The highest BCUT2D eigenvalue weighted by atomic mass is 16.2. The number of imide groups is 1. The Morgan fingerprint density at radius 3 is 2.16 bits per heavy atom. The highest BCUT2D eigenvalue weighted by Gasteiger charge is 2.61. The molecule has 1 saturated heterocycles. The number of fused-ring (bicyclic) bond motifs is 5. The second-order valence-corrected chi connectivity index (χ2v) is 6.18. The van der Waals surface area contributed by atoms with Crippen molar-refractivity contribution < 1.29 is 9.59 Å². The predicted molar refractivity (Wildman–Crippen MR) is 71.5 cm³/mol. The summed E-state index contributed by atoms with van der Waals surface area (Å²) in [5, 5.41) is 0. The zero-order chi connectivity index (χ0) is 13.1. The molecule has 19 heavy (non-hydrogen) atoms. The molecule has 2 amide bonds. The Labute approximate surface area is 112 Å². The van der Waals surface area contributed by atoms with Crippen molar-refractivity contribution in [1.29, 1.82) is 0 Å². The molecule has 2 aliphatic carbocycles. The third-order valence-corrected chi connectivity index (χ3v) is 5.28. The van der Waals surface area contributed by atoms with Gasteiger partial charge in [0.05, 0.1) is 17.5 Å². The molecule has 3 nitrogen and oxygen atoms in total. The number of nitrogens with zero attached hydrogens (tertiary/aromatic N) is 1. The Balaban J connectivity index is 1.78. The molecule has 0 N–H and O–H groups in total. The van der Waals surface area contributed by atoms with Crippen LogP contribution in [0.4, 0.5) is 5.69 Å². The molecule has 98 valence electrons. The van der Waals surface area contributed by atoms with Gasteiger partial charge in [0.2, 0.25) is 11.8 Å². The smallest absolute Gasteiger partial charge is 0.237 e. The minimum atomic E-state index is -0.0224. The van der Waals surface area contributed by atoms with Gasteiger partial charge in [0.1, 0.15) is 0 Å². The SMILES string of the molecule is Cc1ccccc1N1C(=O)[C@@H]2[C@H]3CC[C@@H](C3)[C@H]2C1=O. The lowest BCUT2D eigenvalue weighted by Gasteiger charge is -2.19. The first-order valence-corrected chi connectivity index (χ1v) is 7.12. The van der Waals surface area contributed by atoms with Crippen LogP contribution in [0.3, 0.4) is 0 Å². The molecular weight excluding hydrogens is 238 g/mol. The van der Waals surface area contributed by atoms with Crippen molar-refractivity contribution in [2.45, 2.75) is 26.2 Å². The number of anilines is 1. The monoisotopic (exact) mass is 255 g/mol. The van der Waals surface area contributed by atoms with Gasteiger partial charge in [-0.25, -0.2) is 4.90 Å². The normalized spacial score (nSPS) is 36.2. The van der Waals surface area contributed by atoms with Gasteiger partial charge in [0.25, 0.3) is 0 Å². The lowest BCUT2D eigenvalue weighted by molar-refractivity contribution is -0.123. The molecule has 4 atom stereocenters. The molecule has 3 aliphatic rings. The number of para-hydroxylation sites is 1. The molecule has 0 unspecified atom stereocenters. The number of carbonyl (C=O) groups is 2. The van der Waals surface area contributed by atoms with E-state index in [0.717, 1.165) is 30.5 Å². The van der Waals surface area contributed by atoms with Gasteiger partial charge in [0, 0.05) is 0 Å². The van der Waals surface area contributed by atoms with Gasteiger partial charge >= 0.3 is 0 Å². The fourth-order valence-electron chi connectivity index (χ4n) is 4.46. The van der Waals surface area contributed by atoms with Crippen LogP contribution in [0.2, 0.25) is 0 Å². The summed E-state index contributed by atoms with van der Waals surface area (Å²) in [4.78, 5) is 26.8. The second kappa shape index (κ2) is 3.69. The topological polar surface area (TPSA) is 37.4 Å². The number of carbonyl (C=O) groups excluding carboxylic acids is 2.